The van der Waals surface area contributed by atoms with Crippen molar-refractivity contribution in [1.82, 2.24) is 34.9 Å². The predicted octanol–water partition coefficient (Wildman–Crippen LogP) is 12.0. The Labute approximate surface area is 502 Å². The van der Waals surface area contributed by atoms with Gasteiger partial charge in [-0.1, -0.05) is 92.4 Å². The molecule has 20 heteroatoms. The van der Waals surface area contributed by atoms with Crippen LogP contribution in [0, 0.1) is 11.6 Å². The fraction of sp³-hybridized carbons (Fsp3) is 0.299. The number of nitrogens with one attached hydrogen (secondary N) is 1. The number of piperidine rings is 2. The number of nitrogens with two attached hydrogens (primary N) is 1. The zero-order valence-corrected chi connectivity index (χ0v) is 47.7. The molecule has 8 aromatic rings. The van der Waals surface area contributed by atoms with Crippen molar-refractivity contribution in [2.75, 3.05) is 26.2 Å². The number of carbonyl (C=O) groups excluding carboxylic acids is 5. The zero-order valence-electron chi connectivity index (χ0n) is 47.7. The summed E-state index contributed by atoms with van der Waals surface area (Å²) in [7, 11) is 0. The van der Waals surface area contributed by atoms with Crippen LogP contribution in [0.4, 0.5) is 23.2 Å². The molecule has 4 N–H and O–H groups in total. The molecule has 2 aromatic heterocycles. The molecular formula is C67H68F2N8O10. The van der Waals surface area contributed by atoms with Crippen LogP contribution in [-0.2, 0) is 30.9 Å². The number of hydrogen-bond acceptors (Lipinski definition) is 13. The van der Waals surface area contributed by atoms with Crippen LogP contribution in [0.25, 0.3) is 21.8 Å². The van der Waals surface area contributed by atoms with Crippen molar-refractivity contribution in [3.05, 3.63) is 202 Å². The molecule has 0 atom stereocenters. The Kier molecular flexibility index (Phi) is 18.0. The lowest BCUT2D eigenvalue weighted by Gasteiger charge is -2.32. The van der Waals surface area contributed by atoms with E-state index < -0.39 is 35.9 Å². The molecule has 2 saturated heterocycles. The monoisotopic (exact) mass is 1180 g/mol. The molecule has 87 heavy (non-hydrogen) atoms. The molecule has 4 aliphatic rings. The van der Waals surface area contributed by atoms with E-state index in [1.54, 1.807) is 84.1 Å². The maximum Gasteiger partial charge on any atom is 0.415 e. The first-order valence-electron chi connectivity index (χ1n) is 28.5. The van der Waals surface area contributed by atoms with Crippen molar-refractivity contribution >= 4 is 51.9 Å². The molecule has 0 spiro atoms. The molecule has 2 fully saturated rings. The fourth-order valence-corrected chi connectivity index (χ4v) is 11.2. The Morgan fingerprint density at radius 2 is 1.07 bits per heavy atom. The minimum Gasteiger partial charge on any atom is -0.505 e. The molecule has 0 bridgehead atoms. The molecule has 4 aliphatic heterocycles. The third-order valence-electron chi connectivity index (χ3n) is 15.5. The fourth-order valence-electron chi connectivity index (χ4n) is 11.2. The highest BCUT2D eigenvalue weighted by molar-refractivity contribution is 6.10. The lowest BCUT2D eigenvalue weighted by atomic mass is 9.99. The zero-order chi connectivity index (χ0) is 60.2. The first-order valence-corrected chi connectivity index (χ1v) is 28.5. The van der Waals surface area contributed by atoms with Crippen molar-refractivity contribution in [3.8, 4) is 23.0 Å². The number of fused-ring (bicyclic) bond motifs is 4. The Balaban J connectivity index is 0.000000211. The van der Waals surface area contributed by atoms with Gasteiger partial charge in [0.05, 0.1) is 24.2 Å². The van der Waals surface area contributed by atoms with Gasteiger partial charge in [-0.2, -0.15) is 0 Å². The maximum absolute atomic E-state index is 14.5. The van der Waals surface area contributed by atoms with Crippen molar-refractivity contribution < 1.29 is 56.8 Å². The number of ether oxygens (including phenoxy) is 4. The van der Waals surface area contributed by atoms with Gasteiger partial charge in [0.25, 0.3) is 11.8 Å². The second-order valence-corrected chi connectivity index (χ2v) is 22.7. The van der Waals surface area contributed by atoms with Gasteiger partial charge in [-0.15, -0.1) is 0 Å². The summed E-state index contributed by atoms with van der Waals surface area (Å²) in [6.07, 6.45) is 3.36. The Hall–Kier alpha value is -9.69. The quantitative estimate of drug-likeness (QED) is 0.110. The number of phenolic OH excluding ortho intramolecular Hbond substituents is 1. The van der Waals surface area contributed by atoms with Gasteiger partial charge in [0.15, 0.2) is 11.5 Å². The molecule has 450 valence electrons. The van der Waals surface area contributed by atoms with E-state index in [-0.39, 0.29) is 103 Å². The summed E-state index contributed by atoms with van der Waals surface area (Å²) in [5.41, 5.74) is 10.4. The van der Waals surface area contributed by atoms with Gasteiger partial charge in [0, 0.05) is 85.6 Å². The molecule has 6 heterocycles. The summed E-state index contributed by atoms with van der Waals surface area (Å²) in [6, 6.07) is 38.2. The molecule has 5 amide bonds. The Bertz CT molecular complexity index is 3800. The topological polar surface area (TPSA) is 219 Å². The normalized spacial score (nSPS) is 15.2. The second-order valence-electron chi connectivity index (χ2n) is 22.7. The average Bonchev–Trinajstić information content (AvgIpc) is 1.86. The molecule has 12 rings (SSSR count). The molecule has 0 aliphatic carbocycles. The van der Waals surface area contributed by atoms with Crippen LogP contribution < -0.4 is 25.3 Å². The van der Waals surface area contributed by atoms with Crippen LogP contribution in [0.5, 0.6) is 23.0 Å². The minimum absolute atomic E-state index is 0. The first-order chi connectivity index (χ1) is 41.5. The van der Waals surface area contributed by atoms with Gasteiger partial charge in [0.2, 0.25) is 0 Å². The lowest BCUT2D eigenvalue weighted by Crippen LogP contribution is -2.48. The Morgan fingerprint density at radius 3 is 1.56 bits per heavy atom. The number of alkyl carbamates (subject to hydrolysis) is 1. The first kappa shape index (κ1) is 60.4. The smallest absolute Gasteiger partial charge is 0.415 e. The summed E-state index contributed by atoms with van der Waals surface area (Å²) >= 11 is 0. The number of pyridine rings is 2. The van der Waals surface area contributed by atoms with Crippen LogP contribution in [-0.4, -0.2) is 109 Å². The number of carbonyl (C=O) groups is 5. The van der Waals surface area contributed by atoms with E-state index in [1.165, 1.54) is 35.4 Å². The van der Waals surface area contributed by atoms with Gasteiger partial charge < -0.3 is 54.7 Å². The highest BCUT2D eigenvalue weighted by Crippen LogP contribution is 2.48. The number of benzene rings is 6. The van der Waals surface area contributed by atoms with Gasteiger partial charge in [-0.3, -0.25) is 19.6 Å². The van der Waals surface area contributed by atoms with Gasteiger partial charge in [-0.25, -0.2) is 23.2 Å². The molecule has 6 aromatic carbocycles. The van der Waals surface area contributed by atoms with Crippen molar-refractivity contribution in [3.63, 3.8) is 0 Å². The van der Waals surface area contributed by atoms with Crippen LogP contribution in [0.15, 0.2) is 146 Å². The van der Waals surface area contributed by atoms with Gasteiger partial charge in [-0.05, 0) is 117 Å². The molecular weight excluding hydrogens is 1110 g/mol. The number of hydrogen-bond donors (Lipinski definition) is 3. The average molecular weight is 1180 g/mol. The van der Waals surface area contributed by atoms with Crippen LogP contribution >= 0.6 is 0 Å². The van der Waals surface area contributed by atoms with Crippen LogP contribution in [0.3, 0.4) is 0 Å². The van der Waals surface area contributed by atoms with Crippen LogP contribution in [0.2, 0.25) is 0 Å². The lowest BCUT2D eigenvalue weighted by molar-refractivity contribution is 0.0481. The summed E-state index contributed by atoms with van der Waals surface area (Å²) in [5, 5.41) is 14.7. The number of amides is 5. The summed E-state index contributed by atoms with van der Waals surface area (Å²) < 4.78 is 51.5. The van der Waals surface area contributed by atoms with Gasteiger partial charge in [0.1, 0.15) is 45.9 Å². The molecule has 0 saturated carbocycles. The number of aromatic nitrogens is 2. The summed E-state index contributed by atoms with van der Waals surface area (Å²) in [6.45, 7) is 7.78. The highest BCUT2D eigenvalue weighted by Gasteiger charge is 2.40. The number of halogens is 2. The Morgan fingerprint density at radius 1 is 0.621 bits per heavy atom. The van der Waals surface area contributed by atoms with E-state index in [2.05, 4.69) is 10.3 Å². The molecule has 0 unspecified atom stereocenters. The number of likely N-dealkylation sites (tertiary alicyclic amines) is 2. The van der Waals surface area contributed by atoms with E-state index in [9.17, 15) is 37.9 Å². The number of aromatic hydroxyl groups is 1. The maximum atomic E-state index is 14.5. The predicted molar refractivity (Wildman–Crippen MR) is 322 cm³/mol. The standard InChI is InChI=1S/C42H41FN4O6.C24H23FN4O4.CH4/c1-42(2,3)53-40(49)45-31-20-23-46(24-21-31)41(50)52-37-32-15-10-22-44-35(32)38(51-36(28-11-6-4-7-12-28)29-13-8-5-9-14-29)34-33(37)26-47(39(34)48)25-27-16-18-30(43)19-17-27;25-15-5-3-14(4-6-15)12-29-13-18-19(23(29)31)21(30)20-17(2-1-9-27-20)22(18)33-24(32)28-10-7-16(26)8-11-28;/h4-19,22,31,36H,20-21,23-26H2,1-3H3,(H,45,49);1-6,9,16,30H,7-8,10-13,26H2;1H4. The van der Waals surface area contributed by atoms with Crippen molar-refractivity contribution in [2.24, 2.45) is 5.73 Å². The van der Waals surface area contributed by atoms with E-state index in [4.69, 9.17) is 29.7 Å². The van der Waals surface area contributed by atoms with E-state index >= 15 is 0 Å². The number of phenols is 1. The van der Waals surface area contributed by atoms with E-state index in [1.807, 2.05) is 66.7 Å². The SMILES string of the molecule is C.CC(C)(C)OC(=O)NC1CCN(C(=O)Oc2c3c(c(OC(c4ccccc4)c4ccccc4)c4ncccc24)C(=O)N(Cc2ccc(F)cc2)C3)CC1.NC1CCN(C(=O)Oc2c3c(c(O)c4ncccc24)C(=O)N(Cc2ccc(F)cc2)C3)CC1. The highest BCUT2D eigenvalue weighted by atomic mass is 19.1. The number of rotatable bonds is 11. The second kappa shape index (κ2) is 25.9. The van der Waals surface area contributed by atoms with Gasteiger partial charge >= 0.3 is 18.3 Å². The van der Waals surface area contributed by atoms with E-state index in [0.717, 1.165) is 22.3 Å². The summed E-state index contributed by atoms with van der Waals surface area (Å²) in [4.78, 5) is 82.1. The van der Waals surface area contributed by atoms with Crippen molar-refractivity contribution in [2.45, 2.75) is 104 Å². The molecule has 0 radical (unpaired) electrons. The molecule has 18 nitrogen and oxygen atoms in total. The third-order valence-corrected chi connectivity index (χ3v) is 15.5. The number of nitrogens with zero attached hydrogens (tertiary/aromatic N) is 6. The third kappa shape index (κ3) is 13.4. The largest absolute Gasteiger partial charge is 0.505 e. The van der Waals surface area contributed by atoms with Crippen LogP contribution in [0.1, 0.15) is 114 Å². The minimum atomic E-state index is -0.618. The van der Waals surface area contributed by atoms with E-state index in [0.29, 0.717) is 79.3 Å². The summed E-state index contributed by atoms with van der Waals surface area (Å²) in [5.74, 6) is -0.952. The van der Waals surface area contributed by atoms with Crippen molar-refractivity contribution in [1.29, 1.82) is 0 Å².